The monoisotopic (exact) mass is 452 g/mol. The Morgan fingerprint density at radius 1 is 1.06 bits per heavy atom. The number of nitrogens with one attached hydrogen (secondary N) is 2. The Kier molecular flexibility index (Phi) is 4.72. The molecule has 168 valence electrons. The summed E-state index contributed by atoms with van der Waals surface area (Å²) in [5.74, 6) is 2.15. The summed E-state index contributed by atoms with van der Waals surface area (Å²) in [6.07, 6.45) is 3.39. The maximum Gasteiger partial charge on any atom is 0.255 e. The van der Waals surface area contributed by atoms with Crippen LogP contribution in [0.4, 0.5) is 11.6 Å². The van der Waals surface area contributed by atoms with Gasteiger partial charge in [0.25, 0.3) is 5.91 Å². The van der Waals surface area contributed by atoms with E-state index in [1.165, 1.54) is 0 Å². The van der Waals surface area contributed by atoms with Gasteiger partial charge in [0, 0.05) is 29.3 Å². The van der Waals surface area contributed by atoms with Crippen molar-refractivity contribution < 1.29 is 14.3 Å². The van der Waals surface area contributed by atoms with Gasteiger partial charge in [0.15, 0.2) is 17.3 Å². The van der Waals surface area contributed by atoms with Gasteiger partial charge in [-0.05, 0) is 48.9 Å². The predicted molar refractivity (Wildman–Crippen MR) is 125 cm³/mol. The number of allylic oxidation sites excluding steroid dienone is 1. The lowest BCUT2D eigenvalue weighted by molar-refractivity contribution is -0.113. The van der Waals surface area contributed by atoms with Gasteiger partial charge in [-0.2, -0.15) is 4.98 Å². The molecule has 2 N–H and O–H groups in total. The van der Waals surface area contributed by atoms with Crippen molar-refractivity contribution in [3.05, 3.63) is 89.9 Å². The molecule has 1 unspecified atom stereocenters. The molecule has 2 aromatic carbocycles. The first-order valence-corrected chi connectivity index (χ1v) is 10.8. The summed E-state index contributed by atoms with van der Waals surface area (Å²) in [5, 5.41) is 11.0. The molecule has 0 fully saturated rings. The standard InChI is InChI=1S/C25H20N6O3/c1-15-21(24(32)28-18-5-3-2-4-6-18)22(17-7-8-19-20(13-17)34-14-33-19)31-25(27-15)29-23(30-31)16-9-11-26-12-10-16/h2-13,22H,14H2,1H3,(H,28,32)(H,27,29,30). The zero-order chi connectivity index (χ0) is 23.1. The fourth-order valence-corrected chi connectivity index (χ4v) is 4.18. The third-order valence-corrected chi connectivity index (χ3v) is 5.78. The number of fused-ring (bicyclic) bond motifs is 2. The van der Waals surface area contributed by atoms with Crippen molar-refractivity contribution in [2.45, 2.75) is 13.0 Å². The smallest absolute Gasteiger partial charge is 0.255 e. The molecule has 0 saturated heterocycles. The van der Waals surface area contributed by atoms with Crippen molar-refractivity contribution in [3.8, 4) is 22.9 Å². The molecule has 0 radical (unpaired) electrons. The highest BCUT2D eigenvalue weighted by Gasteiger charge is 2.35. The third kappa shape index (κ3) is 3.43. The number of hydrogen-bond donors (Lipinski definition) is 2. The van der Waals surface area contributed by atoms with E-state index in [1.807, 2.05) is 67.6 Å². The summed E-state index contributed by atoms with van der Waals surface area (Å²) < 4.78 is 12.8. The molecule has 4 heterocycles. The largest absolute Gasteiger partial charge is 0.454 e. The first kappa shape index (κ1) is 20.0. The molecule has 0 saturated carbocycles. The Morgan fingerprint density at radius 3 is 2.68 bits per heavy atom. The number of amides is 1. The van der Waals surface area contributed by atoms with Crippen molar-refractivity contribution in [1.82, 2.24) is 19.7 Å². The van der Waals surface area contributed by atoms with Crippen molar-refractivity contribution in [2.24, 2.45) is 0 Å². The van der Waals surface area contributed by atoms with Crippen molar-refractivity contribution >= 4 is 17.5 Å². The Hall–Kier alpha value is -4.66. The van der Waals surface area contributed by atoms with Gasteiger partial charge in [0.1, 0.15) is 6.04 Å². The molecule has 0 spiro atoms. The van der Waals surface area contributed by atoms with E-state index in [0.717, 1.165) is 11.1 Å². The van der Waals surface area contributed by atoms with E-state index in [2.05, 4.69) is 20.6 Å². The van der Waals surface area contributed by atoms with Crippen LogP contribution >= 0.6 is 0 Å². The number of para-hydroxylation sites is 1. The third-order valence-electron chi connectivity index (χ3n) is 5.78. The first-order chi connectivity index (χ1) is 16.7. The van der Waals surface area contributed by atoms with Gasteiger partial charge >= 0.3 is 0 Å². The number of rotatable bonds is 4. The van der Waals surface area contributed by atoms with Gasteiger partial charge in [-0.15, -0.1) is 5.10 Å². The Labute approximate surface area is 195 Å². The van der Waals surface area contributed by atoms with Crippen LogP contribution in [0.15, 0.2) is 84.3 Å². The lowest BCUT2D eigenvalue weighted by Crippen LogP contribution is -2.31. The summed E-state index contributed by atoms with van der Waals surface area (Å²) >= 11 is 0. The number of anilines is 2. The normalized spacial score (nSPS) is 16.1. The summed E-state index contributed by atoms with van der Waals surface area (Å²) in [6.45, 7) is 2.03. The highest BCUT2D eigenvalue weighted by atomic mass is 16.7. The van der Waals surface area contributed by atoms with E-state index in [-0.39, 0.29) is 12.7 Å². The van der Waals surface area contributed by atoms with Gasteiger partial charge < -0.3 is 20.1 Å². The predicted octanol–water partition coefficient (Wildman–Crippen LogP) is 4.00. The zero-order valence-electron chi connectivity index (χ0n) is 18.2. The van der Waals surface area contributed by atoms with Crippen molar-refractivity contribution in [2.75, 3.05) is 17.4 Å². The second-order valence-electron chi connectivity index (χ2n) is 7.94. The number of hydrogen-bond acceptors (Lipinski definition) is 7. The summed E-state index contributed by atoms with van der Waals surface area (Å²) in [6, 6.07) is 18.2. The van der Waals surface area contributed by atoms with Crippen LogP contribution in [0.2, 0.25) is 0 Å². The summed E-state index contributed by atoms with van der Waals surface area (Å²) in [7, 11) is 0. The molecule has 0 bridgehead atoms. The summed E-state index contributed by atoms with van der Waals surface area (Å²) in [4.78, 5) is 22.3. The minimum atomic E-state index is -0.530. The van der Waals surface area contributed by atoms with E-state index in [9.17, 15) is 4.79 Å². The average Bonchev–Trinajstić information content (AvgIpc) is 3.50. The lowest BCUT2D eigenvalue weighted by Gasteiger charge is -2.28. The van der Waals surface area contributed by atoms with Crippen LogP contribution in [0.25, 0.3) is 11.4 Å². The SMILES string of the molecule is CC1=C(C(=O)Nc2ccccc2)C(c2ccc3c(c2)OCO3)n2nc(-c3ccncc3)nc2N1. The Bertz CT molecular complexity index is 1420. The minimum absolute atomic E-state index is 0.169. The number of ether oxygens (including phenoxy) is 2. The number of carbonyl (C=O) groups is 1. The van der Waals surface area contributed by atoms with Gasteiger partial charge in [0.2, 0.25) is 12.7 Å². The number of pyridine rings is 1. The average molecular weight is 452 g/mol. The number of aromatic nitrogens is 4. The van der Waals surface area contributed by atoms with E-state index in [4.69, 9.17) is 14.6 Å². The molecular weight excluding hydrogens is 432 g/mol. The van der Waals surface area contributed by atoms with E-state index in [1.54, 1.807) is 17.1 Å². The Morgan fingerprint density at radius 2 is 1.85 bits per heavy atom. The van der Waals surface area contributed by atoms with Gasteiger partial charge in [0.05, 0.1) is 5.57 Å². The second kappa shape index (κ2) is 8.04. The summed E-state index contributed by atoms with van der Waals surface area (Å²) in [5.41, 5.74) is 3.59. The second-order valence-corrected chi connectivity index (χ2v) is 7.94. The van der Waals surface area contributed by atoms with E-state index < -0.39 is 6.04 Å². The fraction of sp³-hybridized carbons (Fsp3) is 0.120. The molecule has 1 amide bonds. The van der Waals surface area contributed by atoms with Gasteiger partial charge in [-0.25, -0.2) is 4.68 Å². The fourth-order valence-electron chi connectivity index (χ4n) is 4.18. The van der Waals surface area contributed by atoms with Crippen LogP contribution in [0.3, 0.4) is 0 Å². The Balaban J connectivity index is 1.47. The molecule has 6 rings (SSSR count). The topological polar surface area (TPSA) is 103 Å². The van der Waals surface area contributed by atoms with Crippen molar-refractivity contribution in [3.63, 3.8) is 0 Å². The first-order valence-electron chi connectivity index (χ1n) is 10.8. The zero-order valence-corrected chi connectivity index (χ0v) is 18.2. The molecule has 2 aliphatic heterocycles. The molecule has 9 heteroatoms. The van der Waals surface area contributed by atoms with Crippen LogP contribution in [-0.4, -0.2) is 32.4 Å². The van der Waals surface area contributed by atoms with Gasteiger partial charge in [-0.1, -0.05) is 24.3 Å². The maximum atomic E-state index is 13.5. The molecule has 2 aliphatic rings. The lowest BCUT2D eigenvalue weighted by atomic mass is 9.94. The molecular formula is C25H20N6O3. The van der Waals surface area contributed by atoms with Crippen molar-refractivity contribution in [1.29, 1.82) is 0 Å². The molecule has 2 aromatic heterocycles. The minimum Gasteiger partial charge on any atom is -0.454 e. The quantitative estimate of drug-likeness (QED) is 0.482. The van der Waals surface area contributed by atoms with Crippen LogP contribution in [0.1, 0.15) is 18.5 Å². The highest BCUT2D eigenvalue weighted by Crippen LogP contribution is 2.41. The molecule has 9 nitrogen and oxygen atoms in total. The maximum absolute atomic E-state index is 13.5. The van der Waals surface area contributed by atoms with Gasteiger partial charge in [-0.3, -0.25) is 9.78 Å². The highest BCUT2D eigenvalue weighted by molar-refractivity contribution is 6.06. The number of carbonyl (C=O) groups excluding carboxylic acids is 1. The van der Waals surface area contributed by atoms with Crippen LogP contribution < -0.4 is 20.1 Å². The molecule has 1 atom stereocenters. The van der Waals surface area contributed by atoms with E-state index >= 15 is 0 Å². The number of nitrogens with zero attached hydrogens (tertiary/aromatic N) is 4. The van der Waals surface area contributed by atoms with E-state index in [0.29, 0.717) is 40.2 Å². The molecule has 34 heavy (non-hydrogen) atoms. The number of benzene rings is 2. The van der Waals surface area contributed by atoms with Crippen LogP contribution in [0.5, 0.6) is 11.5 Å². The molecule has 4 aromatic rings. The van der Waals surface area contributed by atoms with Crippen LogP contribution in [0, 0.1) is 0 Å². The van der Waals surface area contributed by atoms with Crippen LogP contribution in [-0.2, 0) is 4.79 Å². The molecule has 0 aliphatic carbocycles.